The average molecular weight is 377 g/mol. The molecular weight excluding hydrogens is 358 g/mol. The molecule has 7 nitrogen and oxygen atoms in total. The first-order chi connectivity index (χ1) is 13.4. The molecule has 27 heavy (non-hydrogen) atoms. The van der Waals surface area contributed by atoms with Gasteiger partial charge in [-0.1, -0.05) is 35.5 Å². The van der Waals surface area contributed by atoms with Gasteiger partial charge in [-0.15, -0.1) is 21.5 Å². The summed E-state index contributed by atoms with van der Waals surface area (Å²) in [5, 5.41) is 19.3. The van der Waals surface area contributed by atoms with Gasteiger partial charge in [0.2, 0.25) is 0 Å². The minimum absolute atomic E-state index is 0.000963. The minimum Gasteiger partial charge on any atom is -0.362 e. The third kappa shape index (κ3) is 3.16. The molecule has 8 heteroatoms. The Balaban J connectivity index is 1.55. The first-order valence-electron chi connectivity index (χ1n) is 9.17. The predicted octanol–water partition coefficient (Wildman–Crippen LogP) is 3.48. The molecule has 1 aromatic carbocycles. The van der Waals surface area contributed by atoms with Crippen molar-refractivity contribution in [2.24, 2.45) is 0 Å². The van der Waals surface area contributed by atoms with Crippen LogP contribution in [0.2, 0.25) is 0 Å². The van der Waals surface area contributed by atoms with Gasteiger partial charge in [0.05, 0.1) is 11.4 Å². The fourth-order valence-electron chi connectivity index (χ4n) is 3.75. The van der Waals surface area contributed by atoms with Crippen molar-refractivity contribution >= 4 is 27.4 Å². The molecule has 136 valence electrons. The molecule has 2 N–H and O–H groups in total. The molecule has 0 amide bonds. The van der Waals surface area contributed by atoms with E-state index in [1.165, 1.54) is 28.7 Å². The molecule has 4 aromatic rings. The van der Waals surface area contributed by atoms with Crippen LogP contribution in [0.25, 0.3) is 10.2 Å². The highest BCUT2D eigenvalue weighted by atomic mass is 32.1. The van der Waals surface area contributed by atoms with E-state index in [0.29, 0.717) is 12.2 Å². The molecule has 1 aliphatic carbocycles. The topological polar surface area (TPSA) is 92.3 Å². The summed E-state index contributed by atoms with van der Waals surface area (Å²) in [5.74, 6) is 1.57. The van der Waals surface area contributed by atoms with Crippen molar-refractivity contribution in [1.29, 1.82) is 0 Å². The molecule has 0 aliphatic heterocycles. The van der Waals surface area contributed by atoms with E-state index in [4.69, 9.17) is 0 Å². The van der Waals surface area contributed by atoms with E-state index in [9.17, 15) is 0 Å². The van der Waals surface area contributed by atoms with E-state index < -0.39 is 0 Å². The van der Waals surface area contributed by atoms with Gasteiger partial charge in [0.15, 0.2) is 5.82 Å². The third-order valence-electron chi connectivity index (χ3n) is 5.04. The van der Waals surface area contributed by atoms with Gasteiger partial charge < -0.3 is 5.32 Å². The summed E-state index contributed by atoms with van der Waals surface area (Å²) in [6.45, 7) is 0. The number of benzene rings is 1. The summed E-state index contributed by atoms with van der Waals surface area (Å²) in [6, 6.07) is 10.3. The van der Waals surface area contributed by atoms with Crippen LogP contribution >= 0.6 is 11.3 Å². The van der Waals surface area contributed by atoms with Crippen molar-refractivity contribution in [1.82, 2.24) is 30.6 Å². The molecule has 1 atom stereocenters. The summed E-state index contributed by atoms with van der Waals surface area (Å²) in [5.41, 5.74) is 2.59. The van der Waals surface area contributed by atoms with Gasteiger partial charge in [-0.25, -0.2) is 9.97 Å². The number of aromatic nitrogens is 6. The number of fused-ring (bicyclic) bond motifs is 3. The maximum Gasteiger partial charge on any atom is 0.176 e. The van der Waals surface area contributed by atoms with Gasteiger partial charge in [0.25, 0.3) is 0 Å². The summed E-state index contributed by atoms with van der Waals surface area (Å²) in [4.78, 5) is 11.7. The molecule has 3 aromatic heterocycles. The van der Waals surface area contributed by atoms with Crippen molar-refractivity contribution < 1.29 is 0 Å². The van der Waals surface area contributed by atoms with Crippen LogP contribution in [-0.2, 0) is 19.3 Å². The van der Waals surface area contributed by atoms with E-state index in [-0.39, 0.29) is 6.04 Å². The van der Waals surface area contributed by atoms with E-state index in [1.807, 2.05) is 29.5 Å². The minimum atomic E-state index is 0.000963. The fraction of sp³-hybridized carbons (Fsp3) is 0.316. The number of nitrogens with zero attached hydrogens (tertiary/aromatic N) is 5. The Morgan fingerprint density at radius 1 is 1.11 bits per heavy atom. The molecule has 1 aliphatic rings. The third-order valence-corrected chi connectivity index (χ3v) is 6.24. The van der Waals surface area contributed by atoms with E-state index in [0.717, 1.165) is 29.1 Å². The monoisotopic (exact) mass is 377 g/mol. The second kappa shape index (κ2) is 7.03. The number of hydrogen-bond acceptors (Lipinski definition) is 7. The molecule has 0 bridgehead atoms. The standard InChI is InChI=1S/C19H19N7S/c1-2-6-12(7-3-1)14(10-16-23-25-26-24-16)22-18-17-13-8-4-5-9-15(13)27-19(17)21-11-20-18/h1-3,6-7,11,14H,4-5,8-10H2,(H,20,21,22)(H,23,24,25,26). The zero-order valence-electron chi connectivity index (χ0n) is 14.7. The van der Waals surface area contributed by atoms with Crippen LogP contribution in [-0.4, -0.2) is 30.6 Å². The van der Waals surface area contributed by atoms with Crippen LogP contribution in [0.4, 0.5) is 5.82 Å². The van der Waals surface area contributed by atoms with Crippen molar-refractivity contribution in [3.05, 3.63) is 58.5 Å². The Morgan fingerprint density at radius 2 is 2.00 bits per heavy atom. The van der Waals surface area contributed by atoms with E-state index >= 15 is 0 Å². The van der Waals surface area contributed by atoms with Crippen molar-refractivity contribution in [3.63, 3.8) is 0 Å². The number of thiophene rings is 1. The number of anilines is 1. The normalized spacial score (nSPS) is 14.8. The van der Waals surface area contributed by atoms with Crippen LogP contribution in [0.5, 0.6) is 0 Å². The molecule has 0 spiro atoms. The first kappa shape index (κ1) is 16.3. The quantitative estimate of drug-likeness (QED) is 0.553. The van der Waals surface area contributed by atoms with Crippen LogP contribution in [0.15, 0.2) is 36.7 Å². The maximum atomic E-state index is 4.60. The van der Waals surface area contributed by atoms with Gasteiger partial charge in [0, 0.05) is 11.3 Å². The van der Waals surface area contributed by atoms with Gasteiger partial charge in [-0.2, -0.15) is 5.21 Å². The molecular formula is C19H19N7S. The summed E-state index contributed by atoms with van der Waals surface area (Å²) < 4.78 is 0. The Hall–Kier alpha value is -2.87. The predicted molar refractivity (Wildman–Crippen MR) is 105 cm³/mol. The molecule has 0 radical (unpaired) electrons. The van der Waals surface area contributed by atoms with Gasteiger partial charge >= 0.3 is 0 Å². The zero-order valence-corrected chi connectivity index (χ0v) is 15.5. The van der Waals surface area contributed by atoms with Crippen LogP contribution in [0.1, 0.15) is 40.7 Å². The Bertz CT molecular complexity index is 1040. The van der Waals surface area contributed by atoms with Gasteiger partial charge in [-0.3, -0.25) is 0 Å². The molecule has 0 fully saturated rings. The maximum absolute atomic E-state index is 4.60. The second-order valence-corrected chi connectivity index (χ2v) is 7.84. The smallest absolute Gasteiger partial charge is 0.176 e. The second-order valence-electron chi connectivity index (χ2n) is 6.75. The fourth-order valence-corrected chi connectivity index (χ4v) is 4.98. The van der Waals surface area contributed by atoms with Crippen molar-refractivity contribution in [3.8, 4) is 0 Å². The highest BCUT2D eigenvalue weighted by Gasteiger charge is 2.22. The lowest BCUT2D eigenvalue weighted by atomic mass is 9.96. The number of tetrazole rings is 1. The van der Waals surface area contributed by atoms with Gasteiger partial charge in [-0.05, 0) is 36.8 Å². The lowest BCUT2D eigenvalue weighted by Gasteiger charge is -2.20. The van der Waals surface area contributed by atoms with E-state index in [2.05, 4.69) is 48.0 Å². The number of H-pyrrole nitrogens is 1. The zero-order chi connectivity index (χ0) is 18.1. The molecule has 3 heterocycles. The molecule has 0 saturated carbocycles. The number of hydrogen-bond donors (Lipinski definition) is 2. The first-order valence-corrected chi connectivity index (χ1v) is 9.99. The largest absolute Gasteiger partial charge is 0.362 e. The average Bonchev–Trinajstić information content (AvgIpc) is 3.36. The number of aryl methyl sites for hydroxylation is 2. The van der Waals surface area contributed by atoms with Crippen LogP contribution in [0, 0.1) is 0 Å². The lowest BCUT2D eigenvalue weighted by molar-refractivity contribution is 0.699. The van der Waals surface area contributed by atoms with Gasteiger partial charge in [0.1, 0.15) is 17.0 Å². The summed E-state index contributed by atoms with van der Waals surface area (Å²) >= 11 is 1.81. The Labute approximate surface area is 160 Å². The number of nitrogens with one attached hydrogen (secondary N) is 2. The SMILES string of the molecule is c1ccc(C(Cc2nn[nH]n2)Nc2ncnc3sc4c(c23)CCCC4)cc1. The van der Waals surface area contributed by atoms with E-state index in [1.54, 1.807) is 6.33 Å². The molecule has 5 rings (SSSR count). The number of aromatic amines is 1. The lowest BCUT2D eigenvalue weighted by Crippen LogP contribution is -2.16. The summed E-state index contributed by atoms with van der Waals surface area (Å²) in [7, 11) is 0. The van der Waals surface area contributed by atoms with Crippen LogP contribution in [0.3, 0.4) is 0 Å². The number of rotatable bonds is 5. The Morgan fingerprint density at radius 3 is 2.85 bits per heavy atom. The molecule has 1 unspecified atom stereocenters. The molecule has 0 saturated heterocycles. The summed E-state index contributed by atoms with van der Waals surface area (Å²) in [6.07, 6.45) is 7.04. The highest BCUT2D eigenvalue weighted by Crippen LogP contribution is 2.39. The Kier molecular flexibility index (Phi) is 4.25. The van der Waals surface area contributed by atoms with Crippen LogP contribution < -0.4 is 5.32 Å². The highest BCUT2D eigenvalue weighted by molar-refractivity contribution is 7.19. The van der Waals surface area contributed by atoms with Crippen molar-refractivity contribution in [2.45, 2.75) is 38.1 Å². The van der Waals surface area contributed by atoms with Crippen molar-refractivity contribution in [2.75, 3.05) is 5.32 Å².